The van der Waals surface area contributed by atoms with E-state index in [0.717, 1.165) is 6.42 Å². The molecule has 1 aromatic rings. The highest BCUT2D eigenvalue weighted by Crippen LogP contribution is 2.11. The Morgan fingerprint density at radius 3 is 2.71 bits per heavy atom. The Bertz CT molecular complexity index is 388. The summed E-state index contributed by atoms with van der Waals surface area (Å²) in [6, 6.07) is 5.80. The minimum atomic E-state index is -0.767. The van der Waals surface area contributed by atoms with Gasteiger partial charge < -0.3 is 10.4 Å². The number of benzene rings is 1. The molecule has 0 fully saturated rings. The van der Waals surface area contributed by atoms with Crippen molar-refractivity contribution in [2.75, 3.05) is 0 Å². The number of carboxylic acids is 1. The van der Waals surface area contributed by atoms with Gasteiger partial charge in [-0.3, -0.25) is 4.79 Å². The SMILES string of the molecule is CCCC(NCc1cc(C)ccc1C)C(=O)O. The van der Waals surface area contributed by atoms with E-state index < -0.39 is 12.0 Å². The van der Waals surface area contributed by atoms with Crippen molar-refractivity contribution >= 4 is 5.97 Å². The zero-order chi connectivity index (χ0) is 12.8. The van der Waals surface area contributed by atoms with Gasteiger partial charge in [-0.1, -0.05) is 37.1 Å². The molecular weight excluding hydrogens is 214 g/mol. The predicted molar refractivity (Wildman–Crippen MR) is 69.1 cm³/mol. The van der Waals surface area contributed by atoms with Gasteiger partial charge in [0.15, 0.2) is 0 Å². The number of carboxylic acid groups (broad SMARTS) is 1. The van der Waals surface area contributed by atoms with Crippen LogP contribution >= 0.6 is 0 Å². The van der Waals surface area contributed by atoms with Crippen LogP contribution in [0.15, 0.2) is 18.2 Å². The predicted octanol–water partition coefficient (Wildman–Crippen LogP) is 2.65. The highest BCUT2D eigenvalue weighted by molar-refractivity contribution is 5.73. The summed E-state index contributed by atoms with van der Waals surface area (Å²) in [6.45, 7) is 6.70. The first-order chi connectivity index (χ1) is 8.04. The normalized spacial score (nSPS) is 12.4. The largest absolute Gasteiger partial charge is 0.480 e. The third kappa shape index (κ3) is 4.19. The molecule has 1 unspecified atom stereocenters. The lowest BCUT2D eigenvalue weighted by molar-refractivity contribution is -0.139. The molecule has 0 saturated carbocycles. The third-order valence-electron chi connectivity index (χ3n) is 2.92. The minimum Gasteiger partial charge on any atom is -0.480 e. The van der Waals surface area contributed by atoms with Gasteiger partial charge >= 0.3 is 5.97 Å². The summed E-state index contributed by atoms with van der Waals surface area (Å²) in [5.74, 6) is -0.767. The fraction of sp³-hybridized carbons (Fsp3) is 0.500. The highest BCUT2D eigenvalue weighted by Gasteiger charge is 2.15. The number of aryl methyl sites for hydroxylation is 2. The molecule has 0 heterocycles. The van der Waals surface area contributed by atoms with E-state index in [9.17, 15) is 4.79 Å². The summed E-state index contributed by atoms with van der Waals surface area (Å²) in [6.07, 6.45) is 1.54. The molecular formula is C14H21NO2. The average molecular weight is 235 g/mol. The van der Waals surface area contributed by atoms with Crippen LogP contribution in [0.3, 0.4) is 0 Å². The van der Waals surface area contributed by atoms with E-state index >= 15 is 0 Å². The molecule has 0 aliphatic carbocycles. The van der Waals surface area contributed by atoms with Crippen molar-refractivity contribution < 1.29 is 9.90 Å². The Labute approximate surface area is 103 Å². The fourth-order valence-corrected chi connectivity index (χ4v) is 1.83. The zero-order valence-electron chi connectivity index (χ0n) is 10.8. The molecule has 1 aromatic carbocycles. The smallest absolute Gasteiger partial charge is 0.320 e. The molecule has 17 heavy (non-hydrogen) atoms. The molecule has 0 radical (unpaired) electrons. The minimum absolute atomic E-state index is 0.445. The van der Waals surface area contributed by atoms with E-state index in [1.807, 2.05) is 20.8 Å². The maximum absolute atomic E-state index is 11.0. The number of carbonyl (C=O) groups is 1. The molecule has 0 saturated heterocycles. The Morgan fingerprint density at radius 1 is 1.41 bits per heavy atom. The van der Waals surface area contributed by atoms with Gasteiger partial charge in [0.2, 0.25) is 0 Å². The number of rotatable bonds is 6. The number of hydrogen-bond donors (Lipinski definition) is 2. The third-order valence-corrected chi connectivity index (χ3v) is 2.92. The van der Waals surface area contributed by atoms with Crippen molar-refractivity contribution in [3.8, 4) is 0 Å². The molecule has 0 spiro atoms. The summed E-state index contributed by atoms with van der Waals surface area (Å²) in [5.41, 5.74) is 3.57. The van der Waals surface area contributed by atoms with Gasteiger partial charge in [0.05, 0.1) is 0 Å². The average Bonchev–Trinajstić information content (AvgIpc) is 2.28. The van der Waals surface area contributed by atoms with E-state index in [2.05, 4.69) is 23.5 Å². The molecule has 0 aliphatic rings. The molecule has 0 aromatic heterocycles. The van der Waals surface area contributed by atoms with Crippen molar-refractivity contribution in [3.05, 3.63) is 34.9 Å². The van der Waals surface area contributed by atoms with Gasteiger partial charge in [0.1, 0.15) is 6.04 Å². The first kappa shape index (κ1) is 13.7. The highest BCUT2D eigenvalue weighted by atomic mass is 16.4. The molecule has 2 N–H and O–H groups in total. The molecule has 0 aliphatic heterocycles. The first-order valence-corrected chi connectivity index (χ1v) is 6.07. The summed E-state index contributed by atoms with van der Waals surface area (Å²) >= 11 is 0. The monoisotopic (exact) mass is 235 g/mol. The second-order valence-corrected chi connectivity index (χ2v) is 4.49. The molecule has 0 bridgehead atoms. The maximum atomic E-state index is 11.0. The van der Waals surface area contributed by atoms with E-state index in [-0.39, 0.29) is 0 Å². The van der Waals surface area contributed by atoms with E-state index in [4.69, 9.17) is 5.11 Å². The molecule has 3 nitrogen and oxygen atoms in total. The van der Waals surface area contributed by atoms with E-state index in [1.165, 1.54) is 16.7 Å². The second-order valence-electron chi connectivity index (χ2n) is 4.49. The number of aliphatic carboxylic acids is 1. The summed E-state index contributed by atoms with van der Waals surface area (Å²) in [7, 11) is 0. The topological polar surface area (TPSA) is 49.3 Å². The van der Waals surface area contributed by atoms with Crippen molar-refractivity contribution in [1.82, 2.24) is 5.32 Å². The number of nitrogens with one attached hydrogen (secondary N) is 1. The van der Waals surface area contributed by atoms with E-state index in [0.29, 0.717) is 13.0 Å². The van der Waals surface area contributed by atoms with Crippen LogP contribution < -0.4 is 5.32 Å². The van der Waals surface area contributed by atoms with Gasteiger partial charge in [-0.05, 0) is 31.4 Å². The van der Waals surface area contributed by atoms with Crippen molar-refractivity contribution in [1.29, 1.82) is 0 Å². The summed E-state index contributed by atoms with van der Waals surface area (Å²) < 4.78 is 0. The molecule has 3 heteroatoms. The quantitative estimate of drug-likeness (QED) is 0.797. The lowest BCUT2D eigenvalue weighted by Crippen LogP contribution is -2.36. The van der Waals surface area contributed by atoms with Crippen LogP contribution in [0.4, 0.5) is 0 Å². The van der Waals surface area contributed by atoms with Gasteiger partial charge in [0.25, 0.3) is 0 Å². The molecule has 0 amide bonds. The van der Waals surface area contributed by atoms with Crippen molar-refractivity contribution in [2.45, 2.75) is 46.2 Å². The Kier molecular flexibility index (Phi) is 5.16. The standard InChI is InChI=1S/C14H21NO2/c1-4-5-13(14(16)17)15-9-12-8-10(2)6-7-11(12)3/h6-8,13,15H,4-5,9H2,1-3H3,(H,16,17). The van der Waals surface area contributed by atoms with Crippen LogP contribution in [-0.4, -0.2) is 17.1 Å². The van der Waals surface area contributed by atoms with E-state index in [1.54, 1.807) is 0 Å². The Hall–Kier alpha value is -1.35. The summed E-state index contributed by atoms with van der Waals surface area (Å²) in [4.78, 5) is 11.0. The zero-order valence-corrected chi connectivity index (χ0v) is 10.8. The van der Waals surface area contributed by atoms with Crippen LogP contribution in [0, 0.1) is 13.8 Å². The molecule has 1 rings (SSSR count). The van der Waals surface area contributed by atoms with Crippen LogP contribution in [0.1, 0.15) is 36.5 Å². The van der Waals surface area contributed by atoms with Crippen LogP contribution in [0.2, 0.25) is 0 Å². The second kappa shape index (κ2) is 6.40. The van der Waals surface area contributed by atoms with Crippen molar-refractivity contribution in [3.63, 3.8) is 0 Å². The Balaban J connectivity index is 2.64. The first-order valence-electron chi connectivity index (χ1n) is 6.07. The maximum Gasteiger partial charge on any atom is 0.320 e. The van der Waals surface area contributed by atoms with Crippen LogP contribution in [-0.2, 0) is 11.3 Å². The van der Waals surface area contributed by atoms with Gasteiger partial charge in [-0.15, -0.1) is 0 Å². The fourth-order valence-electron chi connectivity index (χ4n) is 1.83. The van der Waals surface area contributed by atoms with Crippen LogP contribution in [0.5, 0.6) is 0 Å². The molecule has 94 valence electrons. The molecule has 1 atom stereocenters. The lowest BCUT2D eigenvalue weighted by Gasteiger charge is -2.15. The van der Waals surface area contributed by atoms with Crippen molar-refractivity contribution in [2.24, 2.45) is 0 Å². The van der Waals surface area contributed by atoms with Gasteiger partial charge in [-0.25, -0.2) is 0 Å². The Morgan fingerprint density at radius 2 is 2.12 bits per heavy atom. The summed E-state index contributed by atoms with van der Waals surface area (Å²) in [5, 5.41) is 12.1. The van der Waals surface area contributed by atoms with Gasteiger partial charge in [0, 0.05) is 6.54 Å². The lowest BCUT2D eigenvalue weighted by atomic mass is 10.0. The van der Waals surface area contributed by atoms with Gasteiger partial charge in [-0.2, -0.15) is 0 Å². The number of hydrogen-bond acceptors (Lipinski definition) is 2. The van der Waals surface area contributed by atoms with Crippen LogP contribution in [0.25, 0.3) is 0 Å².